The van der Waals surface area contributed by atoms with Crippen molar-refractivity contribution in [2.45, 2.75) is 44.1 Å². The second-order valence-electron chi connectivity index (χ2n) is 7.16. The van der Waals surface area contributed by atoms with Crippen LogP contribution in [-0.4, -0.2) is 50.1 Å². The summed E-state index contributed by atoms with van der Waals surface area (Å²) in [5.74, 6) is 1.68. The van der Waals surface area contributed by atoms with E-state index in [4.69, 9.17) is 14.5 Å². The molecule has 1 aromatic rings. The topological polar surface area (TPSA) is 54.8 Å². The number of hydrogen-bond donors (Lipinski definition) is 1. The van der Waals surface area contributed by atoms with Gasteiger partial charge in [0, 0.05) is 33.2 Å². The monoisotopic (exact) mass is 334 g/mol. The number of aromatic nitrogens is 1. The van der Waals surface area contributed by atoms with Crippen LogP contribution in [0.4, 0.5) is 5.82 Å². The van der Waals surface area contributed by atoms with E-state index in [0.29, 0.717) is 26.2 Å². The van der Waals surface area contributed by atoms with Gasteiger partial charge in [0.25, 0.3) is 0 Å². The quantitative estimate of drug-likeness (QED) is 0.831. The van der Waals surface area contributed by atoms with Crippen LogP contribution in [0, 0.1) is 5.92 Å². The lowest BCUT2D eigenvalue weighted by Gasteiger charge is -2.31. The number of aliphatic hydroxyl groups is 1. The Kier molecular flexibility index (Phi) is 6.09. The van der Waals surface area contributed by atoms with Crippen molar-refractivity contribution < 1.29 is 14.6 Å². The lowest BCUT2D eigenvalue weighted by atomic mass is 9.89. The Labute approximate surface area is 145 Å². The molecule has 5 nitrogen and oxygen atoms in total. The van der Waals surface area contributed by atoms with E-state index in [9.17, 15) is 5.11 Å². The van der Waals surface area contributed by atoms with Crippen LogP contribution in [0.2, 0.25) is 0 Å². The fraction of sp³-hybridized carbons (Fsp3) is 0.737. The van der Waals surface area contributed by atoms with E-state index in [-0.39, 0.29) is 0 Å². The first-order valence-corrected chi connectivity index (χ1v) is 9.23. The Hall–Kier alpha value is -1.17. The Bertz CT molecular complexity index is 511. The minimum atomic E-state index is -0.937. The average molecular weight is 334 g/mol. The van der Waals surface area contributed by atoms with Gasteiger partial charge in [0.05, 0.1) is 18.9 Å². The van der Waals surface area contributed by atoms with Gasteiger partial charge in [-0.3, -0.25) is 0 Å². The van der Waals surface area contributed by atoms with Gasteiger partial charge in [-0.2, -0.15) is 0 Å². The zero-order chi connectivity index (χ0) is 16.8. The fourth-order valence-corrected chi connectivity index (χ4v) is 3.80. The molecule has 3 rings (SSSR count). The maximum atomic E-state index is 10.7. The number of ether oxygens (including phenoxy) is 2. The van der Waals surface area contributed by atoms with Gasteiger partial charge in [0.1, 0.15) is 11.4 Å². The second kappa shape index (κ2) is 8.28. The average Bonchev–Trinajstić information content (AvgIpc) is 3.07. The van der Waals surface area contributed by atoms with Crippen molar-refractivity contribution in [1.82, 2.24) is 4.98 Å². The molecule has 2 heterocycles. The lowest BCUT2D eigenvalue weighted by Crippen LogP contribution is -2.35. The smallest absolute Gasteiger partial charge is 0.132 e. The molecule has 2 fully saturated rings. The summed E-state index contributed by atoms with van der Waals surface area (Å²) in [5.41, 5.74) is -0.211. The van der Waals surface area contributed by atoms with Gasteiger partial charge < -0.3 is 19.5 Å². The zero-order valence-electron chi connectivity index (χ0n) is 14.7. The Balaban J connectivity index is 1.75. The molecule has 1 unspecified atom stereocenters. The Morgan fingerprint density at radius 2 is 2.17 bits per heavy atom. The van der Waals surface area contributed by atoms with Crippen LogP contribution < -0.4 is 4.90 Å². The van der Waals surface area contributed by atoms with Gasteiger partial charge in [0.2, 0.25) is 0 Å². The summed E-state index contributed by atoms with van der Waals surface area (Å²) in [5, 5.41) is 10.7. The van der Waals surface area contributed by atoms with Crippen molar-refractivity contribution in [2.24, 2.45) is 5.92 Å². The molecule has 1 saturated heterocycles. The number of methoxy groups -OCH3 is 1. The summed E-state index contributed by atoms with van der Waals surface area (Å²) in [6.45, 7) is 3.47. The molecule has 1 aliphatic heterocycles. The van der Waals surface area contributed by atoms with Crippen molar-refractivity contribution >= 4 is 5.82 Å². The first-order valence-electron chi connectivity index (χ1n) is 9.23. The van der Waals surface area contributed by atoms with Crippen LogP contribution in [0.25, 0.3) is 0 Å². The number of pyridine rings is 1. The molecule has 1 atom stereocenters. The van der Waals surface area contributed by atoms with Crippen molar-refractivity contribution in [3.05, 3.63) is 23.9 Å². The molecule has 0 amide bonds. The molecule has 0 bridgehead atoms. The summed E-state index contributed by atoms with van der Waals surface area (Å²) in [6, 6.07) is 5.95. The Morgan fingerprint density at radius 3 is 2.88 bits per heavy atom. The standard InChI is InChI=1S/C19H30N2O3/c1-23-13-11-21(14-16-6-3-2-4-7-16)18-9-5-8-17(20-18)19(22)10-12-24-15-19/h5,8-9,16,22H,2-4,6-7,10-15H2,1H3. The van der Waals surface area contributed by atoms with Crippen LogP contribution in [-0.2, 0) is 15.1 Å². The third-order valence-electron chi connectivity index (χ3n) is 5.30. The van der Waals surface area contributed by atoms with Crippen molar-refractivity contribution in [3.63, 3.8) is 0 Å². The first-order chi connectivity index (χ1) is 11.7. The predicted molar refractivity (Wildman–Crippen MR) is 94.2 cm³/mol. The summed E-state index contributed by atoms with van der Waals surface area (Å²) >= 11 is 0. The summed E-state index contributed by atoms with van der Waals surface area (Å²) in [7, 11) is 1.74. The van der Waals surface area contributed by atoms with Crippen molar-refractivity contribution in [3.8, 4) is 0 Å². The SMILES string of the molecule is COCCN(CC1CCCCC1)c1cccc(C2(O)CCOC2)n1. The number of nitrogens with zero attached hydrogens (tertiary/aromatic N) is 2. The minimum absolute atomic E-state index is 0.337. The van der Waals surface area contributed by atoms with Gasteiger partial charge in [-0.15, -0.1) is 0 Å². The molecular weight excluding hydrogens is 304 g/mol. The van der Waals surface area contributed by atoms with E-state index in [1.165, 1.54) is 32.1 Å². The van der Waals surface area contributed by atoms with Crippen LogP contribution in [0.3, 0.4) is 0 Å². The highest BCUT2D eigenvalue weighted by molar-refractivity contribution is 5.40. The molecule has 0 spiro atoms. The molecular formula is C19H30N2O3. The maximum absolute atomic E-state index is 10.7. The highest BCUT2D eigenvalue weighted by atomic mass is 16.5. The van der Waals surface area contributed by atoms with Crippen LogP contribution in [0.5, 0.6) is 0 Å². The molecule has 1 aromatic heterocycles. The van der Waals surface area contributed by atoms with Gasteiger partial charge in [-0.05, 0) is 30.9 Å². The molecule has 134 valence electrons. The first kappa shape index (κ1) is 17.6. The normalized spacial score (nSPS) is 25.1. The van der Waals surface area contributed by atoms with E-state index < -0.39 is 5.60 Å². The molecule has 0 radical (unpaired) electrons. The van der Waals surface area contributed by atoms with Gasteiger partial charge in [-0.1, -0.05) is 25.3 Å². The molecule has 24 heavy (non-hydrogen) atoms. The van der Waals surface area contributed by atoms with Gasteiger partial charge in [-0.25, -0.2) is 4.98 Å². The van der Waals surface area contributed by atoms with E-state index >= 15 is 0 Å². The van der Waals surface area contributed by atoms with Gasteiger partial charge in [0.15, 0.2) is 0 Å². The number of hydrogen-bond acceptors (Lipinski definition) is 5. The third kappa shape index (κ3) is 4.26. The molecule has 0 aromatic carbocycles. The van der Waals surface area contributed by atoms with Crippen molar-refractivity contribution in [1.29, 1.82) is 0 Å². The summed E-state index contributed by atoms with van der Waals surface area (Å²) < 4.78 is 10.7. The second-order valence-corrected chi connectivity index (χ2v) is 7.16. The van der Waals surface area contributed by atoms with E-state index in [1.807, 2.05) is 18.2 Å². The molecule has 1 aliphatic carbocycles. The highest BCUT2D eigenvalue weighted by Gasteiger charge is 2.36. The summed E-state index contributed by atoms with van der Waals surface area (Å²) in [6.07, 6.45) is 7.28. The van der Waals surface area contributed by atoms with E-state index in [2.05, 4.69) is 4.90 Å². The van der Waals surface area contributed by atoms with Crippen LogP contribution in [0.1, 0.15) is 44.2 Å². The largest absolute Gasteiger partial charge is 0.383 e. The molecule has 5 heteroatoms. The molecule has 1 saturated carbocycles. The van der Waals surface area contributed by atoms with Gasteiger partial charge >= 0.3 is 0 Å². The van der Waals surface area contributed by atoms with Crippen LogP contribution in [0.15, 0.2) is 18.2 Å². The van der Waals surface area contributed by atoms with Crippen molar-refractivity contribution in [2.75, 3.05) is 44.9 Å². The maximum Gasteiger partial charge on any atom is 0.132 e. The number of anilines is 1. The molecule has 1 N–H and O–H groups in total. The van der Waals surface area contributed by atoms with E-state index in [1.54, 1.807) is 7.11 Å². The van der Waals surface area contributed by atoms with E-state index in [0.717, 1.165) is 30.5 Å². The Morgan fingerprint density at radius 1 is 1.33 bits per heavy atom. The predicted octanol–water partition coefficient (Wildman–Crippen LogP) is 2.72. The lowest BCUT2D eigenvalue weighted by molar-refractivity contribution is 0.0195. The fourth-order valence-electron chi connectivity index (χ4n) is 3.80. The van der Waals surface area contributed by atoms with Crippen LogP contribution >= 0.6 is 0 Å². The minimum Gasteiger partial charge on any atom is -0.383 e. The zero-order valence-corrected chi connectivity index (χ0v) is 14.7. The number of rotatable bonds is 7. The molecule has 2 aliphatic rings. The highest BCUT2D eigenvalue weighted by Crippen LogP contribution is 2.31. The third-order valence-corrected chi connectivity index (χ3v) is 5.30. The summed E-state index contributed by atoms with van der Waals surface area (Å²) in [4.78, 5) is 7.11.